The predicted octanol–water partition coefficient (Wildman–Crippen LogP) is 4.04. The van der Waals surface area contributed by atoms with E-state index < -0.39 is 9.84 Å². The van der Waals surface area contributed by atoms with E-state index in [1.165, 1.54) is 12.1 Å². The molecule has 1 aliphatic rings. The van der Waals surface area contributed by atoms with Gasteiger partial charge in [-0.25, -0.2) is 12.8 Å². The molecule has 2 aromatic rings. The van der Waals surface area contributed by atoms with Crippen molar-refractivity contribution in [2.24, 2.45) is 5.92 Å². The maximum absolute atomic E-state index is 13.1. The van der Waals surface area contributed by atoms with Crippen molar-refractivity contribution in [3.63, 3.8) is 0 Å². The van der Waals surface area contributed by atoms with Gasteiger partial charge in [0.25, 0.3) is 0 Å². The Labute approximate surface area is 165 Å². The lowest BCUT2D eigenvalue weighted by atomic mass is 10.0. The summed E-state index contributed by atoms with van der Waals surface area (Å²) in [7, 11) is -3.11. The number of sulfone groups is 1. The van der Waals surface area contributed by atoms with Crippen LogP contribution >= 0.6 is 0 Å². The zero-order valence-electron chi connectivity index (χ0n) is 16.2. The Balaban J connectivity index is 1.83. The van der Waals surface area contributed by atoms with Gasteiger partial charge in [0.2, 0.25) is 5.91 Å². The number of hydrogen-bond donors (Lipinski definition) is 0. The zero-order chi connectivity index (χ0) is 20.3. The third-order valence-corrected chi connectivity index (χ3v) is 7.13. The van der Waals surface area contributed by atoms with Gasteiger partial charge in [-0.05, 0) is 55.7 Å². The largest absolute Gasteiger partial charge is 0.459 e. The van der Waals surface area contributed by atoms with Crippen LogP contribution in [0.2, 0.25) is 0 Å². The summed E-state index contributed by atoms with van der Waals surface area (Å²) in [5.74, 6) is 0.821. The third-order valence-electron chi connectivity index (χ3n) is 5.38. The summed E-state index contributed by atoms with van der Waals surface area (Å²) in [6.07, 6.45) is 1.88. The first-order valence-corrected chi connectivity index (χ1v) is 11.5. The highest BCUT2D eigenvalue weighted by atomic mass is 32.2. The first kappa shape index (κ1) is 20.6. The number of halogens is 1. The molecule has 0 bridgehead atoms. The number of rotatable bonds is 7. The highest BCUT2D eigenvalue weighted by molar-refractivity contribution is 7.91. The molecule has 0 unspecified atom stereocenters. The number of carbonyl (C=O) groups is 1. The lowest BCUT2D eigenvalue weighted by Crippen LogP contribution is -2.43. The summed E-state index contributed by atoms with van der Waals surface area (Å²) in [5, 5.41) is 0. The Morgan fingerprint density at radius 1 is 1.18 bits per heavy atom. The van der Waals surface area contributed by atoms with E-state index in [1.54, 1.807) is 29.2 Å². The molecule has 1 atom stereocenters. The molecule has 2 heterocycles. The second kappa shape index (κ2) is 8.47. The van der Waals surface area contributed by atoms with Gasteiger partial charge in [0, 0.05) is 17.5 Å². The summed E-state index contributed by atoms with van der Waals surface area (Å²) in [4.78, 5) is 14.7. The fourth-order valence-corrected chi connectivity index (χ4v) is 5.41. The second-order valence-corrected chi connectivity index (χ2v) is 9.54. The molecule has 1 fully saturated rings. The van der Waals surface area contributed by atoms with Crippen molar-refractivity contribution in [3.05, 3.63) is 48.0 Å². The molecule has 1 aromatic heterocycles. The van der Waals surface area contributed by atoms with Crippen LogP contribution in [0.1, 0.15) is 38.9 Å². The van der Waals surface area contributed by atoms with E-state index >= 15 is 0 Å². The van der Waals surface area contributed by atoms with Crippen LogP contribution in [-0.4, -0.2) is 36.8 Å². The molecular weight excluding hydrogens is 381 g/mol. The number of nitrogens with zero attached hydrogens (tertiary/aromatic N) is 1. The van der Waals surface area contributed by atoms with Gasteiger partial charge in [0.1, 0.15) is 17.3 Å². The van der Waals surface area contributed by atoms with Gasteiger partial charge in [-0.1, -0.05) is 13.8 Å². The average molecular weight is 408 g/mol. The smallest absolute Gasteiger partial charge is 0.226 e. The first-order valence-electron chi connectivity index (χ1n) is 9.68. The van der Waals surface area contributed by atoms with Crippen molar-refractivity contribution >= 4 is 15.7 Å². The summed E-state index contributed by atoms with van der Waals surface area (Å²) < 4.78 is 42.9. The van der Waals surface area contributed by atoms with Crippen LogP contribution in [0.5, 0.6) is 0 Å². The Hall–Kier alpha value is -2.15. The Morgan fingerprint density at radius 2 is 1.86 bits per heavy atom. The molecule has 0 spiro atoms. The zero-order valence-corrected chi connectivity index (χ0v) is 17.0. The summed E-state index contributed by atoms with van der Waals surface area (Å²) in [5.41, 5.74) is 0.744. The quantitative estimate of drug-likeness (QED) is 0.695. The number of amides is 1. The second-order valence-electron chi connectivity index (χ2n) is 7.31. The van der Waals surface area contributed by atoms with Gasteiger partial charge in [-0.3, -0.25) is 4.79 Å². The maximum Gasteiger partial charge on any atom is 0.226 e. The average Bonchev–Trinajstić information content (AvgIpc) is 3.27. The summed E-state index contributed by atoms with van der Waals surface area (Å²) >= 11 is 0. The minimum atomic E-state index is -3.11. The Bertz CT molecular complexity index is 916. The number of carbonyl (C=O) groups excluding carboxylic acids is 1. The van der Waals surface area contributed by atoms with Crippen LogP contribution in [0.15, 0.2) is 40.8 Å². The molecule has 1 amide bonds. The van der Waals surface area contributed by atoms with Crippen molar-refractivity contribution < 1.29 is 22.0 Å². The highest BCUT2D eigenvalue weighted by Gasteiger charge is 2.36. The Kier molecular flexibility index (Phi) is 6.23. The molecule has 0 N–H and O–H groups in total. The molecule has 0 aliphatic carbocycles. The summed E-state index contributed by atoms with van der Waals surface area (Å²) in [6, 6.07) is 9.25. The van der Waals surface area contributed by atoms with E-state index in [4.69, 9.17) is 4.42 Å². The van der Waals surface area contributed by atoms with Crippen molar-refractivity contribution in [1.29, 1.82) is 0 Å². The molecule has 7 heteroatoms. The minimum Gasteiger partial charge on any atom is -0.459 e. The van der Waals surface area contributed by atoms with Crippen molar-refractivity contribution in [2.45, 2.75) is 45.7 Å². The van der Waals surface area contributed by atoms with Crippen LogP contribution in [-0.2, 0) is 21.2 Å². The molecule has 1 aliphatic heterocycles. The fourth-order valence-electron chi connectivity index (χ4n) is 3.68. The van der Waals surface area contributed by atoms with E-state index in [0.717, 1.165) is 5.56 Å². The lowest BCUT2D eigenvalue weighted by Gasteiger charge is -2.30. The molecule has 3 rings (SSSR count). The molecule has 5 nitrogen and oxygen atoms in total. The molecule has 0 radical (unpaired) electrons. The van der Waals surface area contributed by atoms with Crippen molar-refractivity contribution in [3.8, 4) is 11.3 Å². The van der Waals surface area contributed by atoms with Crippen LogP contribution in [0.25, 0.3) is 11.3 Å². The molecule has 1 aromatic carbocycles. The lowest BCUT2D eigenvalue weighted by molar-refractivity contribution is -0.138. The minimum absolute atomic E-state index is 0.00438. The monoisotopic (exact) mass is 407 g/mol. The number of furan rings is 1. The SMILES string of the molecule is CCC(CC)C(=O)N(Cc1ccc(-c2ccc(F)cc2)o1)[C@H]1CCS(=O)(=O)C1. The van der Waals surface area contributed by atoms with Gasteiger partial charge in [0.15, 0.2) is 9.84 Å². The first-order chi connectivity index (χ1) is 13.3. The maximum atomic E-state index is 13.1. The normalized spacial score (nSPS) is 18.5. The predicted molar refractivity (Wildman–Crippen MR) is 106 cm³/mol. The molecule has 152 valence electrons. The highest BCUT2D eigenvalue weighted by Crippen LogP contribution is 2.27. The van der Waals surface area contributed by atoms with Gasteiger partial charge in [-0.15, -0.1) is 0 Å². The molecule has 1 saturated heterocycles. The van der Waals surface area contributed by atoms with Crippen LogP contribution in [0.3, 0.4) is 0 Å². The number of hydrogen-bond acceptors (Lipinski definition) is 4. The van der Waals surface area contributed by atoms with E-state index in [9.17, 15) is 17.6 Å². The van der Waals surface area contributed by atoms with Crippen LogP contribution < -0.4 is 0 Å². The number of benzene rings is 1. The van der Waals surface area contributed by atoms with E-state index in [-0.39, 0.29) is 41.7 Å². The topological polar surface area (TPSA) is 67.6 Å². The van der Waals surface area contributed by atoms with E-state index in [0.29, 0.717) is 30.8 Å². The van der Waals surface area contributed by atoms with Crippen LogP contribution in [0, 0.1) is 11.7 Å². The van der Waals surface area contributed by atoms with Crippen LogP contribution in [0.4, 0.5) is 4.39 Å². The van der Waals surface area contributed by atoms with Gasteiger partial charge >= 0.3 is 0 Å². The third kappa shape index (κ3) is 4.63. The Morgan fingerprint density at radius 3 is 2.43 bits per heavy atom. The van der Waals surface area contributed by atoms with Crippen molar-refractivity contribution in [1.82, 2.24) is 4.90 Å². The van der Waals surface area contributed by atoms with Crippen molar-refractivity contribution in [2.75, 3.05) is 11.5 Å². The molecular formula is C21H26FNO4S. The van der Waals surface area contributed by atoms with Gasteiger partial charge in [-0.2, -0.15) is 0 Å². The van der Waals surface area contributed by atoms with E-state index in [1.807, 2.05) is 13.8 Å². The fraction of sp³-hybridized carbons (Fsp3) is 0.476. The van der Waals surface area contributed by atoms with Gasteiger partial charge in [0.05, 0.1) is 18.1 Å². The molecule has 28 heavy (non-hydrogen) atoms. The van der Waals surface area contributed by atoms with E-state index in [2.05, 4.69) is 0 Å². The van der Waals surface area contributed by atoms with Gasteiger partial charge < -0.3 is 9.32 Å². The molecule has 0 saturated carbocycles. The summed E-state index contributed by atoms with van der Waals surface area (Å²) in [6.45, 7) is 4.17. The standard InChI is InChI=1S/C21H26FNO4S/c1-3-15(4-2)21(24)23(18-11-12-28(25,26)14-18)13-19-9-10-20(27-19)16-5-7-17(22)8-6-16/h5-10,15,18H,3-4,11-14H2,1-2H3/t18-/m0/s1.